The molecule has 0 saturated heterocycles. The number of hydrogen-bond acceptors (Lipinski definition) is 4. The number of hydrogen-bond donors (Lipinski definition) is 0. The van der Waals surface area contributed by atoms with Crippen molar-refractivity contribution in [3.8, 4) is 0 Å². The lowest BCUT2D eigenvalue weighted by molar-refractivity contribution is 0.135. The Balaban J connectivity index is 2.46. The molecule has 138 valence electrons. The minimum absolute atomic E-state index is 0.0471. The molecule has 0 aliphatic carbocycles. The van der Waals surface area contributed by atoms with E-state index in [2.05, 4.69) is 4.40 Å². The molecular weight excluding hydrogens is 376 g/mol. The van der Waals surface area contributed by atoms with Crippen molar-refractivity contribution in [3.63, 3.8) is 0 Å². The minimum Gasteiger partial charge on any atom is -0.420 e. The van der Waals surface area contributed by atoms with E-state index in [1.807, 2.05) is 6.92 Å². The third kappa shape index (κ3) is 4.49. The van der Waals surface area contributed by atoms with Crippen LogP contribution in [0, 0.1) is 6.92 Å². The van der Waals surface area contributed by atoms with Crippen molar-refractivity contribution in [2.75, 3.05) is 13.7 Å². The van der Waals surface area contributed by atoms with Gasteiger partial charge in [0.1, 0.15) is 5.69 Å². The highest BCUT2D eigenvalue weighted by Gasteiger charge is 2.36. The van der Waals surface area contributed by atoms with E-state index in [1.165, 1.54) is 19.2 Å². The van der Waals surface area contributed by atoms with Crippen molar-refractivity contribution < 1.29 is 17.9 Å². The maximum atomic E-state index is 12.5. The molecule has 0 bridgehead atoms. The zero-order valence-corrected chi connectivity index (χ0v) is 16.3. The lowest BCUT2D eigenvalue weighted by Gasteiger charge is -2.24. The molecule has 1 amide bonds. The lowest BCUT2D eigenvalue weighted by atomic mass is 10.2. The van der Waals surface area contributed by atoms with Crippen molar-refractivity contribution in [2.45, 2.75) is 18.7 Å². The molecule has 2 aromatic carbocycles. The number of ether oxygens (including phenoxy) is 1. The number of aryl methyl sites for hydroxylation is 1. The molecule has 0 N–H and O–H groups in total. The molecule has 1 atom stereocenters. The fourth-order valence-corrected chi connectivity index (χ4v) is 3.20. The monoisotopic (exact) mass is 395 g/mol. The average molecular weight is 396 g/mol. The molecule has 6 nitrogen and oxygen atoms in total. The summed E-state index contributed by atoms with van der Waals surface area (Å²) < 4.78 is 33.2. The van der Waals surface area contributed by atoms with Gasteiger partial charge in [-0.2, -0.15) is 13.2 Å². The van der Waals surface area contributed by atoms with Crippen LogP contribution in [-0.4, -0.2) is 34.5 Å². The largest absolute Gasteiger partial charge is 0.527 e. The number of carbonyl (C=O) groups excluding carboxylic acids is 1. The molecule has 2 aromatic rings. The first kappa shape index (κ1) is 20.1. The predicted octanol–water partition coefficient (Wildman–Crippen LogP) is 4.16. The van der Waals surface area contributed by atoms with E-state index in [4.69, 9.17) is 16.3 Å². The topological polar surface area (TPSA) is 72.8 Å². The van der Waals surface area contributed by atoms with Crippen molar-refractivity contribution in [1.82, 2.24) is 4.48 Å². The highest BCUT2D eigenvalue weighted by molar-refractivity contribution is 7.90. The summed E-state index contributed by atoms with van der Waals surface area (Å²) in [4.78, 5) is 12.5. The lowest BCUT2D eigenvalue weighted by Crippen LogP contribution is -2.50. The molecule has 0 aromatic heterocycles. The summed E-state index contributed by atoms with van der Waals surface area (Å²) in [6.45, 7) is 3.68. The molecule has 0 aliphatic heterocycles. The van der Waals surface area contributed by atoms with Crippen LogP contribution in [-0.2, 0) is 14.8 Å². The van der Waals surface area contributed by atoms with Gasteiger partial charge in [0.15, 0.2) is 0 Å². The van der Waals surface area contributed by atoms with Crippen LogP contribution in [0.15, 0.2) is 57.8 Å². The first-order valence-electron chi connectivity index (χ1n) is 7.87. The predicted molar refractivity (Wildman–Crippen MR) is 103 cm³/mol. The Hall–Kier alpha value is -2.22. The van der Waals surface area contributed by atoms with Crippen LogP contribution in [0.4, 0.5) is 10.5 Å². The Morgan fingerprint density at radius 1 is 1.15 bits per heavy atom. The summed E-state index contributed by atoms with van der Waals surface area (Å²) in [5, 5.41) is 0.494. The molecule has 1 unspecified atom stereocenters. The third-order valence-electron chi connectivity index (χ3n) is 3.75. The van der Waals surface area contributed by atoms with Crippen LogP contribution in [0.25, 0.3) is 0 Å². The van der Waals surface area contributed by atoms with Crippen LogP contribution < -0.4 is 4.48 Å². The van der Waals surface area contributed by atoms with Gasteiger partial charge in [-0.15, -0.1) is 8.88 Å². The summed E-state index contributed by atoms with van der Waals surface area (Å²) in [6, 6.07) is 12.7. The first-order chi connectivity index (χ1) is 12.2. The van der Waals surface area contributed by atoms with Gasteiger partial charge in [0.25, 0.3) is 10.0 Å². The molecule has 8 heteroatoms. The average Bonchev–Trinajstić information content (AvgIpc) is 2.61. The number of carbonyl (C=O) groups is 1. The summed E-state index contributed by atoms with van der Waals surface area (Å²) in [5.41, 5.74) is 1.40. The maximum absolute atomic E-state index is 12.5. The van der Waals surface area contributed by atoms with Crippen LogP contribution in [0.3, 0.4) is 0 Å². The van der Waals surface area contributed by atoms with Gasteiger partial charge in [-0.05, 0) is 38.1 Å². The number of benzene rings is 2. The quantitative estimate of drug-likeness (QED) is 0.433. The zero-order chi connectivity index (χ0) is 19.4. The number of amides is 1. The van der Waals surface area contributed by atoms with Gasteiger partial charge < -0.3 is 4.74 Å². The van der Waals surface area contributed by atoms with Crippen LogP contribution in [0.2, 0.25) is 5.02 Å². The molecule has 2 rings (SSSR count). The second-order valence-electron chi connectivity index (χ2n) is 5.76. The Bertz CT molecular complexity index is 909. The van der Waals surface area contributed by atoms with Gasteiger partial charge in [-0.3, -0.25) is 0 Å². The Kier molecular flexibility index (Phi) is 6.17. The van der Waals surface area contributed by atoms with Crippen LogP contribution in [0.1, 0.15) is 12.5 Å². The van der Waals surface area contributed by atoms with Gasteiger partial charge in [-0.25, -0.2) is 0 Å². The molecule has 0 heterocycles. The van der Waals surface area contributed by atoms with Crippen LogP contribution in [0.5, 0.6) is 0 Å². The van der Waals surface area contributed by atoms with E-state index in [0.717, 1.165) is 11.9 Å². The number of halogens is 1. The van der Waals surface area contributed by atoms with Gasteiger partial charge in [-0.1, -0.05) is 29.3 Å². The molecule has 0 spiro atoms. The molecule has 0 radical (unpaired) electrons. The fraction of sp³-hybridized carbons (Fsp3) is 0.222. The first-order valence-corrected chi connectivity index (χ1v) is 9.68. The van der Waals surface area contributed by atoms with Gasteiger partial charge >= 0.3 is 6.09 Å². The number of sulfonamides is 1. The van der Waals surface area contributed by atoms with Crippen molar-refractivity contribution in [1.29, 1.82) is 0 Å². The summed E-state index contributed by atoms with van der Waals surface area (Å²) in [7, 11) is -2.46. The van der Waals surface area contributed by atoms with Crippen molar-refractivity contribution in [2.24, 2.45) is 4.40 Å². The van der Waals surface area contributed by atoms with E-state index in [9.17, 15) is 13.2 Å². The molecule has 0 fully saturated rings. The second kappa shape index (κ2) is 7.99. The van der Waals surface area contributed by atoms with E-state index in [1.54, 1.807) is 43.3 Å². The van der Waals surface area contributed by atoms with E-state index >= 15 is 0 Å². The molecular formula is C18H20ClN2O4S+. The van der Waals surface area contributed by atoms with Crippen molar-refractivity contribution >= 4 is 39.7 Å². The highest BCUT2D eigenvalue weighted by Crippen LogP contribution is 2.24. The summed E-state index contributed by atoms with van der Waals surface area (Å²) >= 11 is 5.89. The number of nitrogens with zero attached hydrogens (tertiary/aromatic N) is 2. The number of quaternary nitrogens is 1. The molecule has 26 heavy (non-hydrogen) atoms. The summed E-state index contributed by atoms with van der Waals surface area (Å²) in [6.07, 6.45) is 0.397. The molecule has 0 saturated carbocycles. The maximum Gasteiger partial charge on any atom is 0.527 e. The van der Waals surface area contributed by atoms with Gasteiger partial charge in [0.2, 0.25) is 6.34 Å². The normalized spacial score (nSPS) is 14.2. The fourth-order valence-electron chi connectivity index (χ4n) is 2.15. The van der Waals surface area contributed by atoms with Gasteiger partial charge in [0.05, 0.1) is 18.6 Å². The van der Waals surface area contributed by atoms with E-state index in [-0.39, 0.29) is 11.5 Å². The third-order valence-corrected chi connectivity index (χ3v) is 5.24. The van der Waals surface area contributed by atoms with Crippen LogP contribution >= 0.6 is 11.6 Å². The van der Waals surface area contributed by atoms with E-state index in [0.29, 0.717) is 10.7 Å². The van der Waals surface area contributed by atoms with E-state index < -0.39 is 20.6 Å². The summed E-state index contributed by atoms with van der Waals surface area (Å²) in [5.74, 6) is 0. The Labute approximate surface area is 158 Å². The van der Waals surface area contributed by atoms with Gasteiger partial charge in [0, 0.05) is 17.2 Å². The molecule has 0 aliphatic rings. The minimum atomic E-state index is -3.95. The smallest absolute Gasteiger partial charge is 0.420 e. The number of rotatable bonds is 5. The van der Waals surface area contributed by atoms with Crippen molar-refractivity contribution in [3.05, 3.63) is 59.1 Å². The Morgan fingerprint density at radius 2 is 1.73 bits per heavy atom. The SMILES string of the molecule is CCOC(=O)[N+](C)(/C=N/S(=O)(=O)c1ccc(C)cc1)c1ccc(Cl)cc1. The zero-order valence-electron chi connectivity index (χ0n) is 14.7. The Morgan fingerprint density at radius 3 is 2.27 bits per heavy atom. The highest BCUT2D eigenvalue weighted by atomic mass is 35.5. The second-order valence-corrected chi connectivity index (χ2v) is 7.83. The standard InChI is InChI=1S/C18H20ClN2O4S/c1-4-25-18(22)21(3,16-9-7-15(19)8-10-16)13-20-26(23,24)17-11-5-14(2)6-12-17/h5-13H,4H2,1-3H3/q+1/b20-13+.